The van der Waals surface area contributed by atoms with Gasteiger partial charge in [0.1, 0.15) is 5.01 Å². The molecule has 0 bridgehead atoms. The number of hydrogen-bond donors (Lipinski definition) is 0. The molecule has 0 spiro atoms. The first-order valence-electron chi connectivity index (χ1n) is 3.39. The third-order valence-electron chi connectivity index (χ3n) is 1.06. The topological polar surface area (TPSA) is 22.1 Å². The lowest BCUT2D eigenvalue weighted by Gasteiger charge is -1.96. The Bertz CT molecular complexity index is 162. The minimum atomic E-state index is 0.672. The largest absolute Gasteiger partial charge is 0.374 e. The molecule has 3 heteroatoms. The van der Waals surface area contributed by atoms with E-state index in [1.54, 1.807) is 17.5 Å². The fourth-order valence-electron chi connectivity index (χ4n) is 0.628. The molecule has 1 rings (SSSR count). The average molecular weight is 157 g/mol. The van der Waals surface area contributed by atoms with Crippen LogP contribution in [-0.2, 0) is 11.3 Å². The molecule has 0 atom stereocenters. The summed E-state index contributed by atoms with van der Waals surface area (Å²) in [5.74, 6) is 0. The van der Waals surface area contributed by atoms with Crippen LogP contribution in [0.1, 0.15) is 18.4 Å². The molecule has 1 aromatic heterocycles. The highest BCUT2D eigenvalue weighted by Gasteiger charge is 1.92. The fraction of sp³-hybridized carbons (Fsp3) is 0.571. The van der Waals surface area contributed by atoms with E-state index in [4.69, 9.17) is 4.74 Å². The van der Waals surface area contributed by atoms with Crippen molar-refractivity contribution < 1.29 is 4.74 Å². The van der Waals surface area contributed by atoms with Crippen molar-refractivity contribution in [2.45, 2.75) is 20.0 Å². The third kappa shape index (κ3) is 2.45. The molecule has 2 nitrogen and oxygen atoms in total. The Morgan fingerprint density at radius 1 is 1.70 bits per heavy atom. The van der Waals surface area contributed by atoms with Crippen LogP contribution in [0.5, 0.6) is 0 Å². The van der Waals surface area contributed by atoms with Crippen molar-refractivity contribution in [2.75, 3.05) is 6.61 Å². The van der Waals surface area contributed by atoms with Crippen molar-refractivity contribution in [1.82, 2.24) is 4.98 Å². The van der Waals surface area contributed by atoms with Crippen molar-refractivity contribution in [3.05, 3.63) is 16.6 Å². The van der Waals surface area contributed by atoms with Gasteiger partial charge in [0.25, 0.3) is 0 Å². The predicted molar refractivity (Wildman–Crippen MR) is 42.1 cm³/mol. The van der Waals surface area contributed by atoms with Crippen molar-refractivity contribution in [3.8, 4) is 0 Å². The second-order valence-electron chi connectivity index (χ2n) is 1.98. The summed E-state index contributed by atoms with van der Waals surface area (Å²) in [4.78, 5) is 4.08. The molecular formula is C7H11NOS. The summed E-state index contributed by atoms with van der Waals surface area (Å²) in [7, 11) is 0. The molecule has 0 N–H and O–H groups in total. The van der Waals surface area contributed by atoms with E-state index in [2.05, 4.69) is 11.9 Å². The van der Waals surface area contributed by atoms with Crippen molar-refractivity contribution in [2.24, 2.45) is 0 Å². The highest BCUT2D eigenvalue weighted by Crippen LogP contribution is 2.04. The van der Waals surface area contributed by atoms with E-state index in [0.717, 1.165) is 18.0 Å². The van der Waals surface area contributed by atoms with E-state index in [9.17, 15) is 0 Å². The molecular weight excluding hydrogens is 146 g/mol. The van der Waals surface area contributed by atoms with Gasteiger partial charge in [0.15, 0.2) is 0 Å². The van der Waals surface area contributed by atoms with Gasteiger partial charge in [-0.1, -0.05) is 6.92 Å². The van der Waals surface area contributed by atoms with Crippen LogP contribution in [0.2, 0.25) is 0 Å². The van der Waals surface area contributed by atoms with E-state index in [1.807, 2.05) is 5.38 Å². The number of hydrogen-bond acceptors (Lipinski definition) is 3. The Morgan fingerprint density at radius 3 is 3.20 bits per heavy atom. The van der Waals surface area contributed by atoms with Gasteiger partial charge in [0.05, 0.1) is 6.61 Å². The molecule has 1 aromatic rings. The van der Waals surface area contributed by atoms with Crippen LogP contribution in [0, 0.1) is 0 Å². The summed E-state index contributed by atoms with van der Waals surface area (Å²) in [5, 5.41) is 3.03. The Balaban J connectivity index is 2.15. The van der Waals surface area contributed by atoms with Crippen molar-refractivity contribution in [3.63, 3.8) is 0 Å². The smallest absolute Gasteiger partial charge is 0.118 e. The molecule has 0 aliphatic rings. The number of rotatable bonds is 4. The SMILES string of the molecule is CCCOCc1nccs1. The maximum Gasteiger partial charge on any atom is 0.118 e. The maximum absolute atomic E-state index is 5.28. The quantitative estimate of drug-likeness (QED) is 0.624. The van der Waals surface area contributed by atoms with E-state index in [-0.39, 0.29) is 0 Å². The van der Waals surface area contributed by atoms with Gasteiger partial charge in [-0.2, -0.15) is 0 Å². The van der Waals surface area contributed by atoms with E-state index < -0.39 is 0 Å². The molecule has 0 fully saturated rings. The number of thiazole rings is 1. The maximum atomic E-state index is 5.28. The van der Waals surface area contributed by atoms with Crippen molar-refractivity contribution in [1.29, 1.82) is 0 Å². The molecule has 56 valence electrons. The molecule has 0 aliphatic carbocycles. The van der Waals surface area contributed by atoms with Crippen LogP contribution in [-0.4, -0.2) is 11.6 Å². The van der Waals surface area contributed by atoms with Gasteiger partial charge in [-0.05, 0) is 6.42 Å². The summed E-state index contributed by atoms with van der Waals surface area (Å²) < 4.78 is 5.28. The average Bonchev–Trinajstić information content (AvgIpc) is 2.41. The van der Waals surface area contributed by atoms with E-state index >= 15 is 0 Å². The Hall–Kier alpha value is -0.410. The van der Waals surface area contributed by atoms with Gasteiger partial charge in [0, 0.05) is 18.2 Å². The summed E-state index contributed by atoms with van der Waals surface area (Å²) in [5.41, 5.74) is 0. The molecule has 0 amide bonds. The van der Waals surface area contributed by atoms with E-state index in [0.29, 0.717) is 6.61 Å². The van der Waals surface area contributed by atoms with Crippen LogP contribution in [0.3, 0.4) is 0 Å². The minimum Gasteiger partial charge on any atom is -0.374 e. The first-order valence-corrected chi connectivity index (χ1v) is 4.27. The van der Waals surface area contributed by atoms with Gasteiger partial charge in [-0.3, -0.25) is 0 Å². The van der Waals surface area contributed by atoms with Crippen LogP contribution in [0.15, 0.2) is 11.6 Å². The molecule has 10 heavy (non-hydrogen) atoms. The Morgan fingerprint density at radius 2 is 2.60 bits per heavy atom. The van der Waals surface area contributed by atoms with Crippen LogP contribution < -0.4 is 0 Å². The summed E-state index contributed by atoms with van der Waals surface area (Å²) in [6.07, 6.45) is 2.88. The van der Waals surface area contributed by atoms with Crippen molar-refractivity contribution >= 4 is 11.3 Å². The first-order chi connectivity index (χ1) is 4.93. The van der Waals surface area contributed by atoms with Gasteiger partial charge < -0.3 is 4.74 Å². The molecule has 1 heterocycles. The lowest BCUT2D eigenvalue weighted by atomic mass is 10.5. The number of aromatic nitrogens is 1. The van der Waals surface area contributed by atoms with Gasteiger partial charge >= 0.3 is 0 Å². The van der Waals surface area contributed by atoms with Gasteiger partial charge in [-0.25, -0.2) is 4.98 Å². The zero-order chi connectivity index (χ0) is 7.23. The predicted octanol–water partition coefficient (Wildman–Crippen LogP) is 2.07. The molecule has 0 aliphatic heterocycles. The Labute approximate surface area is 64.9 Å². The third-order valence-corrected chi connectivity index (χ3v) is 1.81. The van der Waals surface area contributed by atoms with Crippen LogP contribution >= 0.6 is 11.3 Å². The van der Waals surface area contributed by atoms with Crippen LogP contribution in [0.25, 0.3) is 0 Å². The van der Waals surface area contributed by atoms with E-state index in [1.165, 1.54) is 0 Å². The zero-order valence-electron chi connectivity index (χ0n) is 6.04. The molecule has 0 radical (unpaired) electrons. The highest BCUT2D eigenvalue weighted by atomic mass is 32.1. The summed E-state index contributed by atoms with van der Waals surface area (Å²) in [6.45, 7) is 3.60. The zero-order valence-corrected chi connectivity index (χ0v) is 6.86. The fourth-order valence-corrected chi connectivity index (χ4v) is 1.18. The molecule has 0 aromatic carbocycles. The normalized spacial score (nSPS) is 10.1. The Kier molecular flexibility index (Phi) is 3.40. The second kappa shape index (κ2) is 4.41. The summed E-state index contributed by atoms with van der Waals surface area (Å²) >= 11 is 1.64. The van der Waals surface area contributed by atoms with Gasteiger partial charge in [0.2, 0.25) is 0 Å². The number of nitrogens with zero attached hydrogens (tertiary/aromatic N) is 1. The first kappa shape index (κ1) is 7.69. The van der Waals surface area contributed by atoms with Gasteiger partial charge in [-0.15, -0.1) is 11.3 Å². The molecule has 0 saturated heterocycles. The monoisotopic (exact) mass is 157 g/mol. The molecule has 0 unspecified atom stereocenters. The lowest BCUT2D eigenvalue weighted by molar-refractivity contribution is 0.121. The standard InChI is InChI=1S/C7H11NOS/c1-2-4-9-6-7-8-3-5-10-7/h3,5H,2,4,6H2,1H3. The second-order valence-corrected chi connectivity index (χ2v) is 2.96. The highest BCUT2D eigenvalue weighted by molar-refractivity contribution is 7.09. The summed E-state index contributed by atoms with van der Waals surface area (Å²) in [6, 6.07) is 0. The van der Waals surface area contributed by atoms with Crippen LogP contribution in [0.4, 0.5) is 0 Å². The molecule has 0 saturated carbocycles. The minimum absolute atomic E-state index is 0.672. The lowest BCUT2D eigenvalue weighted by Crippen LogP contribution is -1.92. The number of ether oxygens (including phenoxy) is 1.